The first kappa shape index (κ1) is 17.4. The van der Waals surface area contributed by atoms with Crippen molar-refractivity contribution in [3.05, 3.63) is 70.5 Å². The Morgan fingerprint density at radius 2 is 2.08 bits per heavy atom. The number of hydrogen-bond donors (Lipinski definition) is 0. The molecular formula is C18H16N2O3S2. The first-order valence-corrected chi connectivity index (χ1v) is 9.46. The van der Waals surface area contributed by atoms with Crippen molar-refractivity contribution < 1.29 is 14.3 Å². The molecule has 0 aliphatic carbocycles. The number of carbonyl (C=O) groups excluding carboxylic acids is 1. The van der Waals surface area contributed by atoms with E-state index >= 15 is 0 Å². The van der Waals surface area contributed by atoms with Crippen LogP contribution in [0, 0.1) is 12.1 Å². The highest BCUT2D eigenvalue weighted by Crippen LogP contribution is 2.24. The Balaban J connectivity index is 1.51. The molecule has 0 unspecified atom stereocenters. The number of thioether (sulfide) groups is 1. The molecule has 0 saturated carbocycles. The molecule has 0 bridgehead atoms. The zero-order valence-electron chi connectivity index (χ0n) is 13.5. The number of rotatable bonds is 6. The number of aryl methyl sites for hydroxylation is 1. The summed E-state index contributed by atoms with van der Waals surface area (Å²) in [5, 5.41) is 14.8. The van der Waals surface area contributed by atoms with Gasteiger partial charge in [0.05, 0.1) is 5.69 Å². The fourth-order valence-electron chi connectivity index (χ4n) is 2.06. The molecule has 5 nitrogen and oxygen atoms in total. The summed E-state index contributed by atoms with van der Waals surface area (Å²) < 4.78 is 5.96. The molecule has 7 heteroatoms. The van der Waals surface area contributed by atoms with Crippen molar-refractivity contribution in [3.63, 3.8) is 0 Å². The van der Waals surface area contributed by atoms with Crippen molar-refractivity contribution in [1.29, 1.82) is 0 Å². The zero-order valence-corrected chi connectivity index (χ0v) is 15.2. The van der Waals surface area contributed by atoms with E-state index in [0.717, 1.165) is 32.8 Å². The lowest BCUT2D eigenvalue weighted by atomic mass is 10.2. The highest BCUT2D eigenvalue weighted by atomic mass is 32.2. The summed E-state index contributed by atoms with van der Waals surface area (Å²) in [5.74, 6) is -0.292. The van der Waals surface area contributed by atoms with E-state index < -0.39 is 0 Å². The predicted octanol–water partition coefficient (Wildman–Crippen LogP) is 3.59. The second-order valence-corrected chi connectivity index (χ2v) is 7.18. The van der Waals surface area contributed by atoms with E-state index in [1.807, 2.05) is 36.6 Å². The number of thiazole rings is 1. The van der Waals surface area contributed by atoms with Crippen LogP contribution in [0.3, 0.4) is 0 Å². The number of ether oxygens (including phenoxy) is 1. The van der Waals surface area contributed by atoms with Gasteiger partial charge in [-0.1, -0.05) is 29.8 Å². The summed E-state index contributed by atoms with van der Waals surface area (Å²) in [5.41, 5.74) is 2.97. The van der Waals surface area contributed by atoms with Gasteiger partial charge in [-0.05, 0) is 24.8 Å². The van der Waals surface area contributed by atoms with Crippen LogP contribution in [-0.4, -0.2) is 16.7 Å². The van der Waals surface area contributed by atoms with Gasteiger partial charge in [0.1, 0.15) is 17.4 Å². The van der Waals surface area contributed by atoms with E-state index in [-0.39, 0.29) is 18.3 Å². The largest absolute Gasteiger partial charge is 0.618 e. The fraction of sp³-hybridized carbons (Fsp3) is 0.167. The van der Waals surface area contributed by atoms with E-state index in [4.69, 9.17) is 4.74 Å². The van der Waals surface area contributed by atoms with Crippen LogP contribution in [0.15, 0.2) is 59.1 Å². The lowest BCUT2D eigenvalue weighted by molar-refractivity contribution is -0.645. The molecule has 25 heavy (non-hydrogen) atoms. The minimum absolute atomic E-state index is 0.0845. The third-order valence-corrected chi connectivity index (χ3v) is 5.29. The third-order valence-electron chi connectivity index (χ3n) is 3.36. The lowest BCUT2D eigenvalue weighted by Gasteiger charge is -2.04. The molecule has 0 aliphatic rings. The SMILES string of the molecule is Cc1ccc(-c2nc(COC(=O)CSc3cccc[n+]3[O-])cs2)cc1. The number of pyridine rings is 1. The van der Waals surface area contributed by atoms with E-state index in [0.29, 0.717) is 5.03 Å². The van der Waals surface area contributed by atoms with Crippen LogP contribution in [0.4, 0.5) is 0 Å². The molecule has 2 aromatic heterocycles. The first-order valence-electron chi connectivity index (χ1n) is 7.60. The van der Waals surface area contributed by atoms with Crippen molar-refractivity contribution in [1.82, 2.24) is 4.98 Å². The summed E-state index contributed by atoms with van der Waals surface area (Å²) >= 11 is 2.67. The smallest absolute Gasteiger partial charge is 0.316 e. The number of aromatic nitrogens is 2. The van der Waals surface area contributed by atoms with Gasteiger partial charge < -0.3 is 9.94 Å². The van der Waals surface area contributed by atoms with Gasteiger partial charge in [0.2, 0.25) is 0 Å². The Kier molecular flexibility index (Phi) is 5.67. The molecular weight excluding hydrogens is 356 g/mol. The Bertz CT molecular complexity index is 863. The first-order chi connectivity index (χ1) is 12.1. The molecule has 0 saturated heterocycles. The van der Waals surface area contributed by atoms with Gasteiger partial charge in [0.25, 0.3) is 5.03 Å². The molecule has 128 valence electrons. The van der Waals surface area contributed by atoms with Crippen LogP contribution in [0.5, 0.6) is 0 Å². The molecule has 2 heterocycles. The van der Waals surface area contributed by atoms with Gasteiger partial charge in [0.15, 0.2) is 6.20 Å². The summed E-state index contributed by atoms with van der Waals surface area (Å²) in [6, 6.07) is 13.2. The number of hydrogen-bond acceptors (Lipinski definition) is 6. The molecule has 0 aliphatic heterocycles. The zero-order chi connectivity index (χ0) is 17.6. The minimum Gasteiger partial charge on any atom is -0.618 e. The van der Waals surface area contributed by atoms with E-state index in [9.17, 15) is 10.0 Å². The molecule has 0 fully saturated rings. The van der Waals surface area contributed by atoms with E-state index in [1.165, 1.54) is 23.1 Å². The third kappa shape index (κ3) is 4.80. The standard InChI is InChI=1S/C18H16N2O3S2/c1-13-5-7-14(8-6-13)18-19-15(11-25-18)10-23-17(21)12-24-16-4-2-3-9-20(16)22/h2-9,11H,10,12H2,1H3. The molecule has 3 rings (SSSR count). The number of nitrogens with zero attached hydrogens (tertiary/aromatic N) is 2. The highest BCUT2D eigenvalue weighted by Gasteiger charge is 2.11. The Hall–Kier alpha value is -2.38. The second-order valence-electron chi connectivity index (χ2n) is 5.32. The summed E-state index contributed by atoms with van der Waals surface area (Å²) in [4.78, 5) is 16.3. The fourth-order valence-corrected chi connectivity index (χ4v) is 3.58. The molecule has 0 radical (unpaired) electrons. The van der Waals surface area contributed by atoms with E-state index in [1.54, 1.807) is 18.2 Å². The average Bonchev–Trinajstić information content (AvgIpc) is 3.09. The lowest BCUT2D eigenvalue weighted by Crippen LogP contribution is -2.28. The van der Waals surface area contributed by atoms with Crippen LogP contribution in [0.2, 0.25) is 0 Å². The van der Waals surface area contributed by atoms with Crippen molar-refractivity contribution in [3.8, 4) is 10.6 Å². The topological polar surface area (TPSA) is 66.1 Å². The molecule has 3 aromatic rings. The molecule has 0 N–H and O–H groups in total. The van der Waals surface area contributed by atoms with Crippen LogP contribution < -0.4 is 4.73 Å². The van der Waals surface area contributed by atoms with E-state index in [2.05, 4.69) is 4.98 Å². The van der Waals surface area contributed by atoms with Crippen molar-refractivity contribution in [2.24, 2.45) is 0 Å². The summed E-state index contributed by atoms with van der Waals surface area (Å²) in [6.07, 6.45) is 1.40. The van der Waals surface area contributed by atoms with Gasteiger partial charge in [-0.15, -0.1) is 11.3 Å². The van der Waals surface area contributed by atoms with Crippen molar-refractivity contribution in [2.45, 2.75) is 18.6 Å². The maximum Gasteiger partial charge on any atom is 0.316 e. The van der Waals surface area contributed by atoms with Gasteiger partial charge in [0, 0.05) is 23.1 Å². The van der Waals surface area contributed by atoms with Gasteiger partial charge in [-0.25, -0.2) is 4.98 Å². The van der Waals surface area contributed by atoms with Crippen LogP contribution in [0.25, 0.3) is 10.6 Å². The average molecular weight is 372 g/mol. The van der Waals surface area contributed by atoms with Gasteiger partial charge >= 0.3 is 5.97 Å². The van der Waals surface area contributed by atoms with Crippen molar-refractivity contribution >= 4 is 29.1 Å². The number of esters is 1. The molecule has 0 atom stereocenters. The predicted molar refractivity (Wildman–Crippen MR) is 98.2 cm³/mol. The Labute approximate surface area is 153 Å². The molecule has 1 aromatic carbocycles. The van der Waals surface area contributed by atoms with Crippen molar-refractivity contribution in [2.75, 3.05) is 5.75 Å². The van der Waals surface area contributed by atoms with Crippen LogP contribution in [0.1, 0.15) is 11.3 Å². The second kappa shape index (κ2) is 8.13. The minimum atomic E-state index is -0.376. The molecule has 0 amide bonds. The monoisotopic (exact) mass is 372 g/mol. The maximum atomic E-state index is 11.8. The number of benzene rings is 1. The normalized spacial score (nSPS) is 10.6. The molecule has 0 spiro atoms. The maximum absolute atomic E-state index is 11.8. The van der Waals surface area contributed by atoms with Gasteiger partial charge in [-0.3, -0.25) is 4.79 Å². The summed E-state index contributed by atoms with van der Waals surface area (Å²) in [6.45, 7) is 2.17. The van der Waals surface area contributed by atoms with Gasteiger partial charge in [-0.2, -0.15) is 4.73 Å². The summed E-state index contributed by atoms with van der Waals surface area (Å²) in [7, 11) is 0. The Morgan fingerprint density at radius 1 is 1.28 bits per heavy atom. The van der Waals surface area contributed by atoms with Crippen LogP contribution >= 0.6 is 23.1 Å². The highest BCUT2D eigenvalue weighted by molar-refractivity contribution is 7.99. The van der Waals surface area contributed by atoms with Crippen LogP contribution in [-0.2, 0) is 16.1 Å². The Morgan fingerprint density at radius 3 is 2.84 bits per heavy atom. The quantitative estimate of drug-likeness (QED) is 0.286. The number of carbonyl (C=O) groups is 1.